The van der Waals surface area contributed by atoms with Crippen LogP contribution in [0.2, 0.25) is 0 Å². The molecule has 2 rings (SSSR count). The number of amidine groups is 1. The molecule has 0 amide bonds. The smallest absolute Gasteiger partial charge is 0.302 e. The number of nitrogens with one attached hydrogen (secondary N) is 2. The molecule has 0 bridgehead atoms. The van der Waals surface area contributed by atoms with Crippen LogP contribution in [-0.4, -0.2) is 24.0 Å². The summed E-state index contributed by atoms with van der Waals surface area (Å²) >= 11 is 0. The normalized spacial score (nSPS) is 35.3. The molecule has 1 aliphatic heterocycles. The average Bonchev–Trinajstić information content (AvgIpc) is 2.17. The van der Waals surface area contributed by atoms with Crippen molar-refractivity contribution in [1.29, 1.82) is 5.41 Å². The van der Waals surface area contributed by atoms with Crippen LogP contribution < -0.4 is 5.32 Å². The minimum absolute atomic E-state index is 0.109. The van der Waals surface area contributed by atoms with Crippen LogP contribution in [-0.2, 0) is 9.53 Å². The summed E-state index contributed by atoms with van der Waals surface area (Å²) in [5.41, 5.74) is 0. The Morgan fingerprint density at radius 2 is 2.27 bits per heavy atom. The highest BCUT2D eigenvalue weighted by molar-refractivity contribution is 5.80. The average molecular weight is 210 g/mol. The zero-order valence-corrected chi connectivity index (χ0v) is 9.08. The highest BCUT2D eigenvalue weighted by atomic mass is 16.5. The molecule has 3 atom stereocenters. The topological polar surface area (TPSA) is 62.2 Å². The Hall–Kier alpha value is -1.06. The third-order valence-electron chi connectivity index (χ3n) is 3.39. The van der Waals surface area contributed by atoms with E-state index in [1.807, 2.05) is 0 Å². The fourth-order valence-electron chi connectivity index (χ4n) is 2.70. The predicted molar refractivity (Wildman–Crippen MR) is 56.8 cm³/mol. The standard InChI is InChI=1S/C11H18N2O2/c1-7(14)15-9-3-4-10-8(6-9)2-5-11(12)13-10/h8-10H,2-6H2,1H3,(H2,12,13). The van der Waals surface area contributed by atoms with Crippen molar-refractivity contribution in [2.45, 2.75) is 51.2 Å². The van der Waals surface area contributed by atoms with Gasteiger partial charge < -0.3 is 10.1 Å². The van der Waals surface area contributed by atoms with Gasteiger partial charge in [-0.25, -0.2) is 0 Å². The lowest BCUT2D eigenvalue weighted by Crippen LogP contribution is -2.48. The molecule has 0 aromatic rings. The second-order valence-electron chi connectivity index (χ2n) is 4.57. The Bertz CT molecular complexity index is 278. The van der Waals surface area contributed by atoms with Crippen molar-refractivity contribution >= 4 is 11.8 Å². The number of rotatable bonds is 1. The van der Waals surface area contributed by atoms with Crippen molar-refractivity contribution in [2.24, 2.45) is 5.92 Å². The Kier molecular flexibility index (Phi) is 2.93. The van der Waals surface area contributed by atoms with Crippen molar-refractivity contribution < 1.29 is 9.53 Å². The van der Waals surface area contributed by atoms with E-state index >= 15 is 0 Å². The van der Waals surface area contributed by atoms with Gasteiger partial charge in [-0.15, -0.1) is 0 Å². The fraction of sp³-hybridized carbons (Fsp3) is 0.818. The Morgan fingerprint density at radius 3 is 3.00 bits per heavy atom. The van der Waals surface area contributed by atoms with Gasteiger partial charge in [-0.3, -0.25) is 10.2 Å². The minimum Gasteiger partial charge on any atom is -0.463 e. The van der Waals surface area contributed by atoms with E-state index in [0.29, 0.717) is 17.8 Å². The summed E-state index contributed by atoms with van der Waals surface area (Å²) in [6.07, 6.45) is 4.93. The van der Waals surface area contributed by atoms with Gasteiger partial charge in [0.1, 0.15) is 6.10 Å². The number of ether oxygens (including phenoxy) is 1. The summed E-state index contributed by atoms with van der Waals surface area (Å²) in [7, 11) is 0. The summed E-state index contributed by atoms with van der Waals surface area (Å²) in [6, 6.07) is 0.443. The summed E-state index contributed by atoms with van der Waals surface area (Å²) in [5, 5.41) is 10.8. The molecule has 84 valence electrons. The third kappa shape index (κ3) is 2.49. The number of fused-ring (bicyclic) bond motifs is 1. The van der Waals surface area contributed by atoms with Gasteiger partial charge in [0.2, 0.25) is 0 Å². The molecule has 2 fully saturated rings. The van der Waals surface area contributed by atoms with Crippen LogP contribution in [0, 0.1) is 11.3 Å². The van der Waals surface area contributed by atoms with Gasteiger partial charge in [0.05, 0.1) is 5.84 Å². The monoisotopic (exact) mass is 210 g/mol. The molecule has 2 aliphatic rings. The molecule has 0 aromatic heterocycles. The van der Waals surface area contributed by atoms with Crippen molar-refractivity contribution in [3.8, 4) is 0 Å². The van der Waals surface area contributed by atoms with Gasteiger partial charge in [-0.1, -0.05) is 0 Å². The zero-order chi connectivity index (χ0) is 10.8. The van der Waals surface area contributed by atoms with Crippen LogP contribution in [0.25, 0.3) is 0 Å². The molecule has 0 radical (unpaired) electrons. The van der Waals surface area contributed by atoms with Gasteiger partial charge >= 0.3 is 5.97 Å². The molecule has 4 heteroatoms. The Balaban J connectivity index is 1.89. The maximum atomic E-state index is 10.9. The summed E-state index contributed by atoms with van der Waals surface area (Å²) in [4.78, 5) is 10.9. The first-order valence-electron chi connectivity index (χ1n) is 5.66. The first-order chi connectivity index (χ1) is 7.15. The van der Waals surface area contributed by atoms with E-state index in [0.717, 1.165) is 32.1 Å². The van der Waals surface area contributed by atoms with Crippen LogP contribution in [0.3, 0.4) is 0 Å². The SMILES string of the molecule is CC(=O)OC1CCC2NC(=N)CCC2C1. The number of hydrogen-bond donors (Lipinski definition) is 2. The van der Waals surface area contributed by atoms with Crippen LogP contribution in [0.5, 0.6) is 0 Å². The summed E-state index contributed by atoms with van der Waals surface area (Å²) in [5.74, 6) is 1.08. The number of piperidine rings is 1. The lowest BCUT2D eigenvalue weighted by Gasteiger charge is -2.39. The van der Waals surface area contributed by atoms with E-state index in [9.17, 15) is 4.79 Å². The quantitative estimate of drug-likeness (QED) is 0.644. The molecule has 1 saturated carbocycles. The number of hydrogen-bond acceptors (Lipinski definition) is 3. The first kappa shape index (κ1) is 10.5. The van der Waals surface area contributed by atoms with Crippen LogP contribution in [0.4, 0.5) is 0 Å². The van der Waals surface area contributed by atoms with E-state index < -0.39 is 0 Å². The molecule has 15 heavy (non-hydrogen) atoms. The number of esters is 1. The van der Waals surface area contributed by atoms with Crippen molar-refractivity contribution in [2.75, 3.05) is 0 Å². The summed E-state index contributed by atoms with van der Waals surface area (Å²) < 4.78 is 5.25. The van der Waals surface area contributed by atoms with E-state index in [-0.39, 0.29) is 12.1 Å². The first-order valence-corrected chi connectivity index (χ1v) is 5.66. The lowest BCUT2D eigenvalue weighted by atomic mass is 9.78. The number of carbonyl (C=O) groups is 1. The highest BCUT2D eigenvalue weighted by Gasteiger charge is 2.34. The molecule has 1 saturated heterocycles. The van der Waals surface area contributed by atoms with Gasteiger partial charge in [0.25, 0.3) is 0 Å². The minimum atomic E-state index is -0.171. The van der Waals surface area contributed by atoms with Gasteiger partial charge in [-0.2, -0.15) is 0 Å². The Labute approximate surface area is 89.9 Å². The number of carbonyl (C=O) groups excluding carboxylic acids is 1. The molecule has 1 heterocycles. The van der Waals surface area contributed by atoms with E-state index in [4.69, 9.17) is 10.1 Å². The van der Waals surface area contributed by atoms with Crippen LogP contribution in [0.1, 0.15) is 39.0 Å². The highest BCUT2D eigenvalue weighted by Crippen LogP contribution is 2.32. The molecule has 0 spiro atoms. The molecule has 1 aliphatic carbocycles. The molecule has 0 aromatic carbocycles. The van der Waals surface area contributed by atoms with E-state index in [1.165, 1.54) is 6.92 Å². The second-order valence-corrected chi connectivity index (χ2v) is 4.57. The molecule has 3 unspecified atom stereocenters. The third-order valence-corrected chi connectivity index (χ3v) is 3.39. The van der Waals surface area contributed by atoms with Crippen molar-refractivity contribution in [3.63, 3.8) is 0 Å². The molecule has 4 nitrogen and oxygen atoms in total. The second kappa shape index (κ2) is 4.21. The molecule has 2 N–H and O–H groups in total. The van der Waals surface area contributed by atoms with Crippen LogP contribution in [0.15, 0.2) is 0 Å². The van der Waals surface area contributed by atoms with E-state index in [1.54, 1.807) is 0 Å². The van der Waals surface area contributed by atoms with E-state index in [2.05, 4.69) is 5.32 Å². The van der Waals surface area contributed by atoms with Gasteiger partial charge in [-0.05, 0) is 31.6 Å². The Morgan fingerprint density at radius 1 is 1.47 bits per heavy atom. The lowest BCUT2D eigenvalue weighted by molar-refractivity contribution is -0.148. The summed E-state index contributed by atoms with van der Waals surface area (Å²) in [6.45, 7) is 1.47. The van der Waals surface area contributed by atoms with Crippen molar-refractivity contribution in [1.82, 2.24) is 5.32 Å². The van der Waals surface area contributed by atoms with Crippen molar-refractivity contribution in [3.05, 3.63) is 0 Å². The molecular weight excluding hydrogens is 192 g/mol. The molecular formula is C11H18N2O2. The maximum Gasteiger partial charge on any atom is 0.302 e. The maximum absolute atomic E-state index is 10.9. The largest absolute Gasteiger partial charge is 0.463 e. The van der Waals surface area contributed by atoms with Gasteiger partial charge in [0.15, 0.2) is 0 Å². The predicted octanol–water partition coefficient (Wildman–Crippen LogP) is 1.45. The van der Waals surface area contributed by atoms with Crippen LogP contribution >= 0.6 is 0 Å². The zero-order valence-electron chi connectivity index (χ0n) is 9.08. The van der Waals surface area contributed by atoms with Gasteiger partial charge in [0, 0.05) is 19.4 Å². The fourth-order valence-corrected chi connectivity index (χ4v) is 2.70.